The van der Waals surface area contributed by atoms with Crippen LogP contribution in [0.15, 0.2) is 24.3 Å². The van der Waals surface area contributed by atoms with Gasteiger partial charge in [-0.3, -0.25) is 0 Å². The van der Waals surface area contributed by atoms with Gasteiger partial charge in [-0.25, -0.2) is 4.39 Å². The summed E-state index contributed by atoms with van der Waals surface area (Å²) in [5, 5.41) is 3.61. The molecular weight excluding hydrogens is 213 g/mol. The summed E-state index contributed by atoms with van der Waals surface area (Å²) in [6, 6.07) is 7.40. The third-order valence-electron chi connectivity index (χ3n) is 3.91. The summed E-state index contributed by atoms with van der Waals surface area (Å²) in [5.41, 5.74) is 1.16. The van der Waals surface area contributed by atoms with Crippen LogP contribution in [-0.2, 0) is 6.54 Å². The predicted octanol–water partition coefficient (Wildman–Crippen LogP) is 3.74. The molecule has 2 rings (SSSR count). The van der Waals surface area contributed by atoms with Gasteiger partial charge in [0, 0.05) is 12.6 Å². The number of halogens is 1. The molecule has 1 aromatic rings. The van der Waals surface area contributed by atoms with Crippen LogP contribution >= 0.6 is 0 Å². The standard InChI is InChI=1S/C15H22FN/c1-11-3-8-15(12(2)9-11)17-10-13-4-6-14(16)7-5-13/h4-7,11-12,15,17H,3,8-10H2,1-2H3. The van der Waals surface area contributed by atoms with Crippen molar-refractivity contribution in [3.8, 4) is 0 Å². The highest BCUT2D eigenvalue weighted by Crippen LogP contribution is 2.28. The van der Waals surface area contributed by atoms with Gasteiger partial charge in [0.25, 0.3) is 0 Å². The zero-order valence-corrected chi connectivity index (χ0v) is 10.7. The zero-order valence-electron chi connectivity index (χ0n) is 10.7. The fraction of sp³-hybridized carbons (Fsp3) is 0.600. The van der Waals surface area contributed by atoms with Crippen LogP contribution in [0.25, 0.3) is 0 Å². The number of rotatable bonds is 3. The Labute approximate surface area is 103 Å². The summed E-state index contributed by atoms with van der Waals surface area (Å²) < 4.78 is 12.8. The topological polar surface area (TPSA) is 12.0 Å². The average molecular weight is 235 g/mol. The molecule has 94 valence electrons. The van der Waals surface area contributed by atoms with Gasteiger partial charge in [-0.1, -0.05) is 26.0 Å². The Morgan fingerprint density at radius 2 is 1.88 bits per heavy atom. The first-order valence-corrected chi connectivity index (χ1v) is 6.63. The van der Waals surface area contributed by atoms with Gasteiger partial charge in [-0.05, 0) is 48.8 Å². The second kappa shape index (κ2) is 5.63. The molecule has 1 fully saturated rings. The van der Waals surface area contributed by atoms with E-state index in [0.29, 0.717) is 6.04 Å². The zero-order chi connectivity index (χ0) is 12.3. The molecule has 1 saturated carbocycles. The smallest absolute Gasteiger partial charge is 0.123 e. The predicted molar refractivity (Wildman–Crippen MR) is 69.2 cm³/mol. The van der Waals surface area contributed by atoms with E-state index in [1.807, 2.05) is 12.1 Å². The van der Waals surface area contributed by atoms with Crippen molar-refractivity contribution < 1.29 is 4.39 Å². The van der Waals surface area contributed by atoms with E-state index in [2.05, 4.69) is 19.2 Å². The molecule has 1 aliphatic rings. The van der Waals surface area contributed by atoms with E-state index < -0.39 is 0 Å². The monoisotopic (exact) mass is 235 g/mol. The highest BCUT2D eigenvalue weighted by atomic mass is 19.1. The quantitative estimate of drug-likeness (QED) is 0.841. The van der Waals surface area contributed by atoms with Crippen molar-refractivity contribution in [1.82, 2.24) is 5.32 Å². The van der Waals surface area contributed by atoms with Gasteiger partial charge in [0.05, 0.1) is 0 Å². The molecule has 1 N–H and O–H groups in total. The molecular formula is C15H22FN. The Balaban J connectivity index is 1.83. The van der Waals surface area contributed by atoms with Gasteiger partial charge in [-0.2, -0.15) is 0 Å². The molecule has 0 heterocycles. The maximum Gasteiger partial charge on any atom is 0.123 e. The minimum absolute atomic E-state index is 0.159. The first-order chi connectivity index (χ1) is 8.15. The average Bonchev–Trinajstić information content (AvgIpc) is 2.30. The highest BCUT2D eigenvalue weighted by molar-refractivity contribution is 5.15. The van der Waals surface area contributed by atoms with Crippen molar-refractivity contribution in [2.24, 2.45) is 11.8 Å². The van der Waals surface area contributed by atoms with E-state index in [-0.39, 0.29) is 5.82 Å². The molecule has 0 bridgehead atoms. The molecule has 1 aliphatic carbocycles. The lowest BCUT2D eigenvalue weighted by atomic mass is 9.80. The molecule has 0 amide bonds. The molecule has 0 spiro atoms. The molecule has 0 saturated heterocycles. The van der Waals surface area contributed by atoms with E-state index in [4.69, 9.17) is 0 Å². The lowest BCUT2D eigenvalue weighted by molar-refractivity contribution is 0.227. The van der Waals surface area contributed by atoms with Crippen molar-refractivity contribution in [1.29, 1.82) is 0 Å². The Kier molecular flexibility index (Phi) is 4.16. The molecule has 0 radical (unpaired) electrons. The maximum absolute atomic E-state index is 12.8. The number of nitrogens with one attached hydrogen (secondary N) is 1. The molecule has 0 aromatic heterocycles. The first-order valence-electron chi connectivity index (χ1n) is 6.63. The van der Waals surface area contributed by atoms with E-state index in [1.165, 1.54) is 31.4 Å². The van der Waals surface area contributed by atoms with E-state index in [0.717, 1.165) is 23.9 Å². The van der Waals surface area contributed by atoms with Gasteiger partial charge in [0.1, 0.15) is 5.82 Å². The molecule has 3 atom stereocenters. The van der Waals surface area contributed by atoms with Gasteiger partial charge in [-0.15, -0.1) is 0 Å². The van der Waals surface area contributed by atoms with Crippen LogP contribution in [0.3, 0.4) is 0 Å². The summed E-state index contributed by atoms with van der Waals surface area (Å²) >= 11 is 0. The summed E-state index contributed by atoms with van der Waals surface area (Å²) in [4.78, 5) is 0. The fourth-order valence-corrected chi connectivity index (χ4v) is 2.82. The van der Waals surface area contributed by atoms with Crippen LogP contribution < -0.4 is 5.32 Å². The summed E-state index contributed by atoms with van der Waals surface area (Å²) in [6.07, 6.45) is 3.91. The van der Waals surface area contributed by atoms with Crippen molar-refractivity contribution in [3.63, 3.8) is 0 Å². The highest BCUT2D eigenvalue weighted by Gasteiger charge is 2.24. The Bertz CT molecular complexity index is 346. The largest absolute Gasteiger partial charge is 0.310 e. The Morgan fingerprint density at radius 3 is 2.53 bits per heavy atom. The SMILES string of the molecule is CC1CCC(NCc2ccc(F)cc2)C(C)C1. The molecule has 3 unspecified atom stereocenters. The lowest BCUT2D eigenvalue weighted by Gasteiger charge is -2.33. The van der Waals surface area contributed by atoms with Crippen LogP contribution in [0, 0.1) is 17.7 Å². The first kappa shape index (κ1) is 12.6. The third kappa shape index (κ3) is 3.53. The number of benzene rings is 1. The van der Waals surface area contributed by atoms with Crippen molar-refractivity contribution in [2.45, 2.75) is 45.7 Å². The summed E-state index contributed by atoms with van der Waals surface area (Å²) in [7, 11) is 0. The summed E-state index contributed by atoms with van der Waals surface area (Å²) in [5.74, 6) is 1.46. The van der Waals surface area contributed by atoms with Crippen molar-refractivity contribution in [3.05, 3.63) is 35.6 Å². The van der Waals surface area contributed by atoms with Crippen LogP contribution in [0.5, 0.6) is 0 Å². The molecule has 1 nitrogen and oxygen atoms in total. The number of hydrogen-bond acceptors (Lipinski definition) is 1. The number of hydrogen-bond donors (Lipinski definition) is 1. The van der Waals surface area contributed by atoms with Gasteiger partial charge < -0.3 is 5.32 Å². The normalized spacial score (nSPS) is 29.2. The molecule has 17 heavy (non-hydrogen) atoms. The van der Waals surface area contributed by atoms with E-state index in [9.17, 15) is 4.39 Å². The minimum Gasteiger partial charge on any atom is -0.310 e. The van der Waals surface area contributed by atoms with Crippen molar-refractivity contribution in [2.75, 3.05) is 0 Å². The minimum atomic E-state index is -0.159. The fourth-order valence-electron chi connectivity index (χ4n) is 2.82. The second-order valence-electron chi connectivity index (χ2n) is 5.51. The Hall–Kier alpha value is -0.890. The molecule has 1 aromatic carbocycles. The Morgan fingerprint density at radius 1 is 1.18 bits per heavy atom. The van der Waals surface area contributed by atoms with Crippen LogP contribution in [-0.4, -0.2) is 6.04 Å². The van der Waals surface area contributed by atoms with Gasteiger partial charge in [0.15, 0.2) is 0 Å². The van der Waals surface area contributed by atoms with Crippen molar-refractivity contribution >= 4 is 0 Å². The maximum atomic E-state index is 12.8. The van der Waals surface area contributed by atoms with Crippen LogP contribution in [0.1, 0.15) is 38.7 Å². The van der Waals surface area contributed by atoms with Gasteiger partial charge >= 0.3 is 0 Å². The molecule has 0 aliphatic heterocycles. The van der Waals surface area contributed by atoms with E-state index in [1.54, 1.807) is 0 Å². The molecule has 2 heteroatoms. The van der Waals surface area contributed by atoms with Gasteiger partial charge in [0.2, 0.25) is 0 Å². The third-order valence-corrected chi connectivity index (χ3v) is 3.91. The lowest BCUT2D eigenvalue weighted by Crippen LogP contribution is -2.38. The van der Waals surface area contributed by atoms with Crippen LogP contribution in [0.4, 0.5) is 4.39 Å². The second-order valence-corrected chi connectivity index (χ2v) is 5.51. The summed E-state index contributed by atoms with van der Waals surface area (Å²) in [6.45, 7) is 5.52. The van der Waals surface area contributed by atoms with E-state index >= 15 is 0 Å². The van der Waals surface area contributed by atoms with Crippen LogP contribution in [0.2, 0.25) is 0 Å².